The third-order valence-corrected chi connectivity index (χ3v) is 7.24. The maximum absolute atomic E-state index is 12.7. The summed E-state index contributed by atoms with van der Waals surface area (Å²) in [4.78, 5) is 58.5. The van der Waals surface area contributed by atoms with E-state index in [1.807, 2.05) is 0 Å². The Bertz CT molecular complexity index is 1100. The molecule has 0 aliphatic carbocycles. The van der Waals surface area contributed by atoms with Crippen molar-refractivity contribution in [2.24, 2.45) is 5.41 Å². The number of aliphatic carboxylic acids is 3. The minimum Gasteiger partial charge on any atom is -0.481 e. The Balaban J connectivity index is 2.41. The Labute approximate surface area is 256 Å². The predicted molar refractivity (Wildman–Crippen MR) is 144 cm³/mol. The molecule has 0 aromatic rings. The van der Waals surface area contributed by atoms with Crippen molar-refractivity contribution in [2.75, 3.05) is 26.9 Å². The summed E-state index contributed by atoms with van der Waals surface area (Å²) >= 11 is 0. The van der Waals surface area contributed by atoms with Crippen LogP contribution in [-0.2, 0) is 47.7 Å². The van der Waals surface area contributed by atoms with Crippen LogP contribution in [0, 0.1) is 5.41 Å². The molecule has 2 fully saturated rings. The monoisotopic (exact) mass is 652 g/mol. The quantitative estimate of drug-likeness (QED) is 0.0721. The zero-order valence-electron chi connectivity index (χ0n) is 24.7. The van der Waals surface area contributed by atoms with E-state index in [0.717, 1.165) is 13.8 Å². The molecular formula is C26H40N2O17. The molecule has 0 aromatic heterocycles. The van der Waals surface area contributed by atoms with E-state index >= 15 is 0 Å². The Kier molecular flexibility index (Phi) is 13.8. The Morgan fingerprint density at radius 2 is 1.56 bits per heavy atom. The van der Waals surface area contributed by atoms with Crippen molar-refractivity contribution in [3.05, 3.63) is 12.2 Å². The van der Waals surface area contributed by atoms with Crippen LogP contribution < -0.4 is 10.6 Å². The maximum atomic E-state index is 12.7. The topological polar surface area (TPSA) is 297 Å². The first-order valence-electron chi connectivity index (χ1n) is 13.6. The van der Waals surface area contributed by atoms with Crippen molar-refractivity contribution in [3.63, 3.8) is 0 Å². The molecule has 19 heteroatoms. The van der Waals surface area contributed by atoms with E-state index in [-0.39, 0.29) is 0 Å². The van der Waals surface area contributed by atoms with Crippen LogP contribution in [0.15, 0.2) is 12.2 Å². The molecule has 0 radical (unpaired) electrons. The van der Waals surface area contributed by atoms with Crippen LogP contribution in [0.25, 0.3) is 0 Å². The van der Waals surface area contributed by atoms with Gasteiger partial charge in [0.1, 0.15) is 48.7 Å². The number of hydrogen-bond donors (Lipinski definition) is 9. The first-order chi connectivity index (χ1) is 20.9. The third-order valence-electron chi connectivity index (χ3n) is 7.24. The normalized spacial score (nSPS) is 33.0. The first kappa shape index (κ1) is 37.9. The number of methoxy groups -OCH3 is 1. The molecule has 0 saturated carbocycles. The largest absolute Gasteiger partial charge is 0.481 e. The fraction of sp³-hybridized carbons (Fsp3) is 0.731. The van der Waals surface area contributed by atoms with E-state index in [0.29, 0.717) is 0 Å². The lowest BCUT2D eigenvalue weighted by molar-refractivity contribution is -0.330. The molecule has 2 amide bonds. The number of carbonyl (C=O) groups is 5. The second-order valence-electron chi connectivity index (χ2n) is 10.9. The Hall–Kier alpha value is -3.27. The van der Waals surface area contributed by atoms with Crippen LogP contribution in [0.3, 0.4) is 0 Å². The summed E-state index contributed by atoms with van der Waals surface area (Å²) in [6.45, 7) is 3.51. The molecule has 0 aromatic carbocycles. The van der Waals surface area contributed by atoms with Crippen molar-refractivity contribution in [1.29, 1.82) is 0 Å². The van der Waals surface area contributed by atoms with Gasteiger partial charge in [0.2, 0.25) is 11.8 Å². The maximum Gasteiger partial charge on any atom is 0.331 e. The zero-order valence-corrected chi connectivity index (χ0v) is 24.7. The molecule has 2 aliphatic rings. The van der Waals surface area contributed by atoms with Gasteiger partial charge >= 0.3 is 17.9 Å². The fourth-order valence-electron chi connectivity index (χ4n) is 4.84. The van der Waals surface area contributed by atoms with E-state index in [1.54, 1.807) is 0 Å². The number of aliphatic hydroxyl groups is 4. The lowest BCUT2D eigenvalue weighted by Crippen LogP contribution is -2.69. The summed E-state index contributed by atoms with van der Waals surface area (Å²) < 4.78 is 27.8. The van der Waals surface area contributed by atoms with Gasteiger partial charge in [0.15, 0.2) is 12.6 Å². The van der Waals surface area contributed by atoms with E-state index in [2.05, 4.69) is 17.2 Å². The highest BCUT2D eigenvalue weighted by Gasteiger charge is 2.52. The fourth-order valence-corrected chi connectivity index (χ4v) is 4.84. The van der Waals surface area contributed by atoms with Crippen LogP contribution in [0.5, 0.6) is 0 Å². The zero-order chi connectivity index (χ0) is 34.2. The van der Waals surface area contributed by atoms with Crippen molar-refractivity contribution < 1.29 is 83.4 Å². The third kappa shape index (κ3) is 9.86. The van der Waals surface area contributed by atoms with Crippen molar-refractivity contribution in [1.82, 2.24) is 10.6 Å². The van der Waals surface area contributed by atoms with Crippen molar-refractivity contribution in [3.8, 4) is 0 Å². The number of ether oxygens (including phenoxy) is 5. The Morgan fingerprint density at radius 1 is 0.933 bits per heavy atom. The Morgan fingerprint density at radius 3 is 2.07 bits per heavy atom. The highest BCUT2D eigenvalue weighted by atomic mass is 16.7. The lowest BCUT2D eigenvalue weighted by Gasteiger charge is -2.48. The molecule has 45 heavy (non-hydrogen) atoms. The predicted octanol–water partition coefficient (Wildman–Crippen LogP) is -3.85. The van der Waals surface area contributed by atoms with Crippen LogP contribution in [0.1, 0.15) is 26.7 Å². The van der Waals surface area contributed by atoms with E-state index in [1.165, 1.54) is 7.11 Å². The standard InChI is InChI=1S/C26H40N2O17/c1-10(22(36)37)5-14(31)28-17-19(35)20(41-4)12(7-29)44-24(17)45-21-13(43-23(38)16(18(21)34)27-11(2)30)8-42-9-26(3,25(39)40)6-15(32)33/h12-13,16-21,23-24,29,34-35,38H,1,5-9H2,2-4H3,(H,27,30)(H,28,31)(H,32,33)(H,36,37)(H,39,40). The number of amides is 2. The molecule has 2 heterocycles. The van der Waals surface area contributed by atoms with Crippen LogP contribution in [-0.4, -0.2) is 154 Å². The van der Waals surface area contributed by atoms with Gasteiger partial charge in [-0.2, -0.15) is 0 Å². The summed E-state index contributed by atoms with van der Waals surface area (Å²) in [5.41, 5.74) is -2.37. The highest BCUT2D eigenvalue weighted by molar-refractivity contribution is 5.93. The van der Waals surface area contributed by atoms with Crippen LogP contribution in [0.2, 0.25) is 0 Å². The second kappa shape index (κ2) is 16.3. The molecule has 11 unspecified atom stereocenters. The van der Waals surface area contributed by atoms with Crippen molar-refractivity contribution >= 4 is 29.7 Å². The molecule has 0 bridgehead atoms. The average molecular weight is 653 g/mol. The van der Waals surface area contributed by atoms with Gasteiger partial charge in [0.05, 0.1) is 38.1 Å². The number of rotatable bonds is 16. The van der Waals surface area contributed by atoms with E-state index in [9.17, 15) is 49.5 Å². The summed E-state index contributed by atoms with van der Waals surface area (Å²) in [6, 6.07) is -3.03. The molecule has 256 valence electrons. The van der Waals surface area contributed by atoms with Gasteiger partial charge in [-0.1, -0.05) is 6.58 Å². The number of carboxylic acids is 3. The van der Waals surface area contributed by atoms with Gasteiger partial charge in [-0.05, 0) is 6.92 Å². The minimum atomic E-state index is -1.89. The van der Waals surface area contributed by atoms with Crippen molar-refractivity contribution in [2.45, 2.75) is 88.0 Å². The van der Waals surface area contributed by atoms with Crippen LogP contribution in [0.4, 0.5) is 0 Å². The molecule has 2 saturated heterocycles. The molecule has 19 nitrogen and oxygen atoms in total. The number of aliphatic hydroxyl groups excluding tert-OH is 4. The number of carboxylic acid groups (broad SMARTS) is 3. The lowest BCUT2D eigenvalue weighted by atomic mass is 9.88. The first-order valence-corrected chi connectivity index (χ1v) is 13.6. The van der Waals surface area contributed by atoms with Gasteiger partial charge in [0.25, 0.3) is 0 Å². The summed E-state index contributed by atoms with van der Waals surface area (Å²) in [7, 11) is 1.19. The molecule has 2 aliphatic heterocycles. The van der Waals surface area contributed by atoms with Gasteiger partial charge < -0.3 is 70.1 Å². The number of hydrogen-bond acceptors (Lipinski definition) is 14. The average Bonchev–Trinajstić information content (AvgIpc) is 2.93. The molecule has 0 spiro atoms. The second-order valence-corrected chi connectivity index (χ2v) is 10.9. The smallest absolute Gasteiger partial charge is 0.331 e. The summed E-state index contributed by atoms with van der Waals surface area (Å²) in [6.07, 6.45) is -14.1. The van der Waals surface area contributed by atoms with Gasteiger partial charge in [-0.3, -0.25) is 19.2 Å². The minimum absolute atomic E-state index is 0.482. The van der Waals surface area contributed by atoms with Gasteiger partial charge in [-0.25, -0.2) is 4.79 Å². The summed E-state index contributed by atoms with van der Waals surface area (Å²) in [5.74, 6) is -5.96. The highest BCUT2D eigenvalue weighted by Crippen LogP contribution is 2.31. The van der Waals surface area contributed by atoms with E-state index in [4.69, 9.17) is 33.9 Å². The number of nitrogens with one attached hydrogen (secondary N) is 2. The van der Waals surface area contributed by atoms with Crippen LogP contribution >= 0.6 is 0 Å². The van der Waals surface area contributed by atoms with Gasteiger partial charge in [-0.15, -0.1) is 0 Å². The molecule has 2 rings (SSSR count). The van der Waals surface area contributed by atoms with Gasteiger partial charge in [0, 0.05) is 19.6 Å². The van der Waals surface area contributed by atoms with E-state index < -0.39 is 135 Å². The number of carbonyl (C=O) groups excluding carboxylic acids is 2. The molecule has 11 atom stereocenters. The molecule has 9 N–H and O–H groups in total. The summed E-state index contributed by atoms with van der Waals surface area (Å²) in [5, 5.41) is 75.0. The molecular weight excluding hydrogens is 612 g/mol. The SMILES string of the molecule is C=C(CC(=O)NC1C(OC2C(COCC(C)(CC(=O)O)C(=O)O)OC(O)C(NC(C)=O)C2O)OC(CO)C(OC)C1O)C(=O)O.